The van der Waals surface area contributed by atoms with Gasteiger partial charge in [-0.2, -0.15) is 0 Å². The van der Waals surface area contributed by atoms with Gasteiger partial charge in [0.25, 0.3) is 0 Å². The number of pyridine rings is 2. The molecule has 10 rings (SSSR count). The van der Waals surface area contributed by atoms with Gasteiger partial charge in [-0.25, -0.2) is 4.99 Å². The number of hydrogen-bond acceptors (Lipinski definition) is 5. The molecule has 3 aliphatic rings. The number of amidine groups is 1. The molecule has 0 amide bonds. The average Bonchev–Trinajstić information content (AvgIpc) is 3.48. The van der Waals surface area contributed by atoms with Crippen molar-refractivity contribution in [1.82, 2.24) is 15.3 Å². The summed E-state index contributed by atoms with van der Waals surface area (Å²) < 4.78 is 6.45. The molecule has 5 aromatic carbocycles. The van der Waals surface area contributed by atoms with Crippen molar-refractivity contribution in [2.45, 2.75) is 11.5 Å². The number of nitrogens with one attached hydrogen (secondary N) is 1. The van der Waals surface area contributed by atoms with E-state index in [0.717, 1.165) is 56.4 Å². The first-order valence-electron chi connectivity index (χ1n) is 16.9. The predicted molar refractivity (Wildman–Crippen MR) is 198 cm³/mol. The molecular weight excluding hydrogens is 613 g/mol. The van der Waals surface area contributed by atoms with Crippen LogP contribution in [0.15, 0.2) is 175 Å². The van der Waals surface area contributed by atoms with Crippen molar-refractivity contribution in [2.75, 3.05) is 0 Å². The Hall–Kier alpha value is -6.59. The number of aromatic nitrogens is 2. The van der Waals surface area contributed by atoms with Gasteiger partial charge >= 0.3 is 0 Å². The van der Waals surface area contributed by atoms with E-state index in [4.69, 9.17) is 9.73 Å². The Morgan fingerprint density at radius 3 is 1.86 bits per heavy atom. The maximum Gasteiger partial charge on any atom is 0.135 e. The van der Waals surface area contributed by atoms with Crippen molar-refractivity contribution in [3.05, 3.63) is 209 Å². The van der Waals surface area contributed by atoms with E-state index in [0.29, 0.717) is 0 Å². The van der Waals surface area contributed by atoms with Gasteiger partial charge in [0.1, 0.15) is 17.3 Å². The summed E-state index contributed by atoms with van der Waals surface area (Å²) in [5.41, 5.74) is 12.9. The van der Waals surface area contributed by atoms with Crippen molar-refractivity contribution >= 4 is 11.5 Å². The second-order valence-electron chi connectivity index (χ2n) is 12.9. The van der Waals surface area contributed by atoms with E-state index in [1.807, 2.05) is 48.8 Å². The number of benzene rings is 5. The van der Waals surface area contributed by atoms with Crippen LogP contribution in [0.3, 0.4) is 0 Å². The molecule has 1 unspecified atom stereocenters. The Labute approximate surface area is 290 Å². The molecule has 0 saturated heterocycles. The zero-order chi connectivity index (χ0) is 33.1. The summed E-state index contributed by atoms with van der Waals surface area (Å²) in [6.07, 6.45) is 9.73. The smallest absolute Gasteiger partial charge is 0.135 e. The first-order valence-corrected chi connectivity index (χ1v) is 16.9. The standard InChI is InChI=1S/C45H30N4O/c1-3-9-30(10-4-1)40-26-41(49-44(48-40)32-11-5-2-6-12-32)31-17-15-29(16-18-31)33-19-20-35-34-13-7-8-14-36(34)45(37(35)25-33)38-27-46-23-21-42(38)50-43-22-24-47-28-39(43)45/h1-28,41H,(H,48,49). The topological polar surface area (TPSA) is 59.4 Å². The molecule has 1 N–H and O–H groups in total. The Kier molecular flexibility index (Phi) is 6.39. The quantitative estimate of drug-likeness (QED) is 0.208. The van der Waals surface area contributed by atoms with Crippen LogP contribution in [0.25, 0.3) is 28.0 Å². The number of rotatable bonds is 4. The van der Waals surface area contributed by atoms with Gasteiger partial charge in [0, 0.05) is 41.5 Å². The highest BCUT2D eigenvalue weighted by atomic mass is 16.5. The largest absolute Gasteiger partial charge is 0.456 e. The fraction of sp³-hybridized carbons (Fsp3) is 0.0444. The van der Waals surface area contributed by atoms with Gasteiger partial charge in [0.15, 0.2) is 0 Å². The van der Waals surface area contributed by atoms with E-state index in [1.165, 1.54) is 27.8 Å². The molecular formula is C45H30N4O. The SMILES string of the molecule is C1=C(c2ccccc2)N=C(c2ccccc2)NC1c1ccc(-c2ccc3c(c2)C2(c4cnccc4Oc4ccncc42)c2ccccc2-3)cc1. The van der Waals surface area contributed by atoms with Crippen molar-refractivity contribution in [2.24, 2.45) is 4.99 Å². The molecule has 7 aromatic rings. The van der Waals surface area contributed by atoms with E-state index in [9.17, 15) is 0 Å². The molecule has 1 spiro atoms. The van der Waals surface area contributed by atoms with E-state index < -0.39 is 5.41 Å². The van der Waals surface area contributed by atoms with Gasteiger partial charge in [0.2, 0.25) is 0 Å². The maximum atomic E-state index is 6.45. The summed E-state index contributed by atoms with van der Waals surface area (Å²) in [5, 5.41) is 3.70. The third kappa shape index (κ3) is 4.30. The zero-order valence-corrected chi connectivity index (χ0v) is 27.0. The van der Waals surface area contributed by atoms with Crippen LogP contribution in [-0.4, -0.2) is 15.8 Å². The van der Waals surface area contributed by atoms with Gasteiger partial charge in [-0.1, -0.05) is 121 Å². The van der Waals surface area contributed by atoms with E-state index in [2.05, 4.69) is 124 Å². The lowest BCUT2D eigenvalue weighted by Crippen LogP contribution is -2.32. The number of ether oxygens (including phenoxy) is 1. The molecule has 1 aliphatic carbocycles. The van der Waals surface area contributed by atoms with Crippen LogP contribution in [0.2, 0.25) is 0 Å². The minimum atomic E-state index is -0.606. The third-order valence-corrected chi connectivity index (χ3v) is 10.2. The van der Waals surface area contributed by atoms with Crippen molar-refractivity contribution in [3.63, 3.8) is 0 Å². The van der Waals surface area contributed by atoms with Crippen molar-refractivity contribution in [1.29, 1.82) is 0 Å². The first-order chi connectivity index (χ1) is 24.8. The molecule has 0 saturated carbocycles. The molecule has 4 heterocycles. The highest BCUT2D eigenvalue weighted by Crippen LogP contribution is 2.62. The molecule has 5 nitrogen and oxygen atoms in total. The predicted octanol–water partition coefficient (Wildman–Crippen LogP) is 9.74. The Morgan fingerprint density at radius 2 is 1.14 bits per heavy atom. The molecule has 2 aromatic heterocycles. The Bertz CT molecular complexity index is 2440. The summed E-state index contributed by atoms with van der Waals surface area (Å²) in [5.74, 6) is 2.50. The third-order valence-electron chi connectivity index (χ3n) is 10.2. The molecule has 1 atom stereocenters. The van der Waals surface area contributed by atoms with Crippen molar-refractivity contribution in [3.8, 4) is 33.8 Å². The summed E-state index contributed by atoms with van der Waals surface area (Å²) in [6, 6.07) is 49.1. The van der Waals surface area contributed by atoms with Gasteiger partial charge in [-0.15, -0.1) is 0 Å². The van der Waals surface area contributed by atoms with Gasteiger partial charge < -0.3 is 10.1 Å². The highest BCUT2D eigenvalue weighted by molar-refractivity contribution is 6.03. The fourth-order valence-electron chi connectivity index (χ4n) is 7.92. The van der Waals surface area contributed by atoms with Crippen LogP contribution in [-0.2, 0) is 5.41 Å². The van der Waals surface area contributed by atoms with E-state index >= 15 is 0 Å². The summed E-state index contributed by atoms with van der Waals surface area (Å²) in [6.45, 7) is 0. The summed E-state index contributed by atoms with van der Waals surface area (Å²) in [4.78, 5) is 14.2. The van der Waals surface area contributed by atoms with Crippen molar-refractivity contribution < 1.29 is 4.74 Å². The lowest BCUT2D eigenvalue weighted by Gasteiger charge is -2.38. The molecule has 0 fully saturated rings. The maximum absolute atomic E-state index is 6.45. The second kappa shape index (κ2) is 11.2. The number of nitrogens with zero attached hydrogens (tertiary/aromatic N) is 3. The lowest BCUT2D eigenvalue weighted by atomic mass is 9.67. The minimum absolute atomic E-state index is 0.0417. The number of hydrogen-bond donors (Lipinski definition) is 1. The van der Waals surface area contributed by atoms with Gasteiger partial charge in [-0.3, -0.25) is 9.97 Å². The minimum Gasteiger partial charge on any atom is -0.456 e. The Morgan fingerprint density at radius 1 is 0.520 bits per heavy atom. The van der Waals surface area contributed by atoms with Crippen LogP contribution >= 0.6 is 0 Å². The molecule has 236 valence electrons. The second-order valence-corrected chi connectivity index (χ2v) is 12.9. The van der Waals surface area contributed by atoms with E-state index in [-0.39, 0.29) is 6.04 Å². The first kappa shape index (κ1) is 28.4. The Balaban J connectivity index is 1.08. The summed E-state index contributed by atoms with van der Waals surface area (Å²) in [7, 11) is 0. The molecule has 2 aliphatic heterocycles. The van der Waals surface area contributed by atoms with Crippen LogP contribution in [0, 0.1) is 0 Å². The van der Waals surface area contributed by atoms with Gasteiger partial charge in [-0.05, 0) is 68.8 Å². The number of aliphatic imine (C=N–C) groups is 1. The number of fused-ring (bicyclic) bond motifs is 9. The highest BCUT2D eigenvalue weighted by Gasteiger charge is 2.51. The van der Waals surface area contributed by atoms with Crippen LogP contribution in [0.1, 0.15) is 45.0 Å². The molecule has 0 bridgehead atoms. The van der Waals surface area contributed by atoms with Crippen LogP contribution in [0.5, 0.6) is 11.5 Å². The monoisotopic (exact) mass is 642 g/mol. The zero-order valence-electron chi connectivity index (χ0n) is 27.0. The lowest BCUT2D eigenvalue weighted by molar-refractivity contribution is 0.433. The fourth-order valence-corrected chi connectivity index (χ4v) is 7.92. The molecule has 5 heteroatoms. The average molecular weight is 643 g/mol. The van der Waals surface area contributed by atoms with Gasteiger partial charge in [0.05, 0.1) is 17.2 Å². The van der Waals surface area contributed by atoms with E-state index in [1.54, 1.807) is 12.4 Å². The molecule has 0 radical (unpaired) electrons. The van der Waals surface area contributed by atoms with Crippen LogP contribution < -0.4 is 10.1 Å². The normalized spacial score (nSPS) is 16.1. The van der Waals surface area contributed by atoms with Crippen LogP contribution in [0.4, 0.5) is 0 Å². The molecule has 50 heavy (non-hydrogen) atoms. The summed E-state index contributed by atoms with van der Waals surface area (Å²) >= 11 is 0.